The van der Waals surface area contributed by atoms with E-state index in [-0.39, 0.29) is 29.1 Å². The predicted octanol–water partition coefficient (Wildman–Crippen LogP) is 2.21. The first-order chi connectivity index (χ1) is 14.1. The van der Waals surface area contributed by atoms with Crippen LogP contribution in [-0.4, -0.2) is 60.1 Å². The molecule has 2 heterocycles. The van der Waals surface area contributed by atoms with Gasteiger partial charge in [0.25, 0.3) is 5.91 Å². The van der Waals surface area contributed by atoms with Gasteiger partial charge in [0.2, 0.25) is 15.1 Å². The summed E-state index contributed by atoms with van der Waals surface area (Å²) < 4.78 is 15.9. The molecule has 2 aliphatic rings. The Bertz CT molecular complexity index is 880. The number of carbonyl (C=O) groups is 3. The Morgan fingerprint density at radius 3 is 2.57 bits per heavy atom. The Balaban J connectivity index is 1.74. The van der Waals surface area contributed by atoms with Gasteiger partial charge in [-0.15, -0.1) is 0 Å². The summed E-state index contributed by atoms with van der Waals surface area (Å²) in [6.07, 6.45) is 0.0740. The summed E-state index contributed by atoms with van der Waals surface area (Å²) >= 11 is 18.6. The number of ether oxygens (including phenoxy) is 1. The molecule has 30 heavy (non-hydrogen) atoms. The molecule has 0 bridgehead atoms. The highest BCUT2D eigenvalue weighted by molar-refractivity contribution is 9.09. The number of carbonyl (C=O) groups excluding carboxylic acids is 3. The van der Waals surface area contributed by atoms with Crippen molar-refractivity contribution in [2.24, 2.45) is 0 Å². The third kappa shape index (κ3) is 5.26. The number of benzene rings is 1. The first kappa shape index (κ1) is 23.7. The van der Waals surface area contributed by atoms with Crippen molar-refractivity contribution in [2.45, 2.75) is 21.6 Å². The zero-order valence-corrected chi connectivity index (χ0v) is 19.9. The lowest BCUT2D eigenvalue weighted by Gasteiger charge is -2.49. The van der Waals surface area contributed by atoms with Crippen LogP contribution >= 0.6 is 50.7 Å². The Kier molecular flexibility index (Phi) is 7.63. The van der Waals surface area contributed by atoms with Crippen LogP contribution in [-0.2, 0) is 36.7 Å². The van der Waals surface area contributed by atoms with Crippen molar-refractivity contribution < 1.29 is 23.7 Å². The molecule has 2 unspecified atom stereocenters. The van der Waals surface area contributed by atoms with Crippen molar-refractivity contribution in [2.75, 3.05) is 17.7 Å². The molecule has 0 aliphatic carbocycles. The van der Waals surface area contributed by atoms with Gasteiger partial charge in [-0.2, -0.15) is 0 Å². The van der Waals surface area contributed by atoms with Crippen LogP contribution in [0.25, 0.3) is 0 Å². The maximum Gasteiger partial charge on any atom is 0.355 e. The quantitative estimate of drug-likeness (QED) is 0.250. The third-order valence-corrected chi connectivity index (χ3v) is 7.11. The monoisotopic (exact) mass is 556 g/mol. The maximum absolute atomic E-state index is 12.7. The highest BCUT2D eigenvalue weighted by atomic mass is 79.9. The molecule has 1 aromatic carbocycles. The smallest absolute Gasteiger partial charge is 0.355 e. The van der Waals surface area contributed by atoms with Crippen molar-refractivity contribution in [3.05, 3.63) is 47.2 Å². The van der Waals surface area contributed by atoms with Crippen LogP contribution < -0.4 is 5.32 Å². The number of nitrogens with zero attached hydrogens (tertiary/aromatic N) is 1. The maximum atomic E-state index is 12.7. The SMILES string of the molecule is O=C(Cc1ccccc1)NC1C(=O)N2C(C(=O)OCC(Cl)(Cl)Cl)=C(CBr)C[S+]([O-])[C@@H]12. The van der Waals surface area contributed by atoms with E-state index in [1.165, 1.54) is 0 Å². The number of β-lactam (4-membered cyclic amide) rings is 1. The van der Waals surface area contributed by atoms with Gasteiger partial charge in [-0.25, -0.2) is 4.79 Å². The second kappa shape index (κ2) is 9.67. The number of esters is 1. The van der Waals surface area contributed by atoms with Crippen LogP contribution in [0.15, 0.2) is 41.6 Å². The van der Waals surface area contributed by atoms with E-state index in [0.29, 0.717) is 5.57 Å². The molecule has 0 spiro atoms. The molecule has 1 saturated heterocycles. The largest absolute Gasteiger partial charge is 0.614 e. The molecule has 7 nitrogen and oxygen atoms in total. The average Bonchev–Trinajstić information content (AvgIpc) is 2.69. The minimum absolute atomic E-state index is 0.0377. The van der Waals surface area contributed by atoms with Gasteiger partial charge >= 0.3 is 5.97 Å². The van der Waals surface area contributed by atoms with Crippen LogP contribution in [0.5, 0.6) is 0 Å². The van der Waals surface area contributed by atoms with Crippen molar-refractivity contribution in [1.29, 1.82) is 0 Å². The molecule has 12 heteroatoms. The highest BCUT2D eigenvalue weighted by Gasteiger charge is 2.61. The van der Waals surface area contributed by atoms with Gasteiger partial charge in [0, 0.05) is 10.9 Å². The zero-order chi connectivity index (χ0) is 22.1. The Labute approximate surface area is 199 Å². The van der Waals surface area contributed by atoms with E-state index in [0.717, 1.165) is 10.5 Å². The number of alkyl halides is 4. The van der Waals surface area contributed by atoms with E-state index in [2.05, 4.69) is 21.2 Å². The summed E-state index contributed by atoms with van der Waals surface area (Å²) in [5, 5.41) is 1.96. The summed E-state index contributed by atoms with van der Waals surface area (Å²) in [6, 6.07) is 8.02. The van der Waals surface area contributed by atoms with E-state index >= 15 is 0 Å². The van der Waals surface area contributed by atoms with Gasteiger partial charge in [-0.05, 0) is 16.7 Å². The highest BCUT2D eigenvalue weighted by Crippen LogP contribution is 2.38. The van der Waals surface area contributed by atoms with Crippen LogP contribution in [0.3, 0.4) is 0 Å². The fraction of sp³-hybridized carbons (Fsp3) is 0.389. The molecule has 2 amide bonds. The fourth-order valence-electron chi connectivity index (χ4n) is 3.17. The number of amides is 2. The number of hydrogen-bond donors (Lipinski definition) is 1. The minimum Gasteiger partial charge on any atom is -0.614 e. The first-order valence-corrected chi connectivity index (χ1v) is 12.3. The topological polar surface area (TPSA) is 98.8 Å². The van der Waals surface area contributed by atoms with Gasteiger partial charge in [-0.1, -0.05) is 81.1 Å². The van der Waals surface area contributed by atoms with Crippen LogP contribution in [0, 0.1) is 0 Å². The van der Waals surface area contributed by atoms with Crippen molar-refractivity contribution >= 4 is 79.7 Å². The number of halogens is 4. The average molecular weight is 559 g/mol. The molecule has 1 aromatic rings. The minimum atomic E-state index is -1.81. The molecule has 0 aromatic heterocycles. The summed E-state index contributed by atoms with van der Waals surface area (Å²) in [4.78, 5) is 38.8. The Morgan fingerprint density at radius 2 is 1.97 bits per heavy atom. The number of rotatable bonds is 6. The second-order valence-electron chi connectivity index (χ2n) is 6.61. The van der Waals surface area contributed by atoms with Crippen LogP contribution in [0.1, 0.15) is 5.56 Å². The van der Waals surface area contributed by atoms with Crippen molar-refractivity contribution in [3.8, 4) is 0 Å². The van der Waals surface area contributed by atoms with E-state index < -0.39 is 44.9 Å². The summed E-state index contributed by atoms with van der Waals surface area (Å²) in [5.74, 6) is -1.75. The lowest BCUT2D eigenvalue weighted by molar-refractivity contribution is -0.153. The van der Waals surface area contributed by atoms with Crippen molar-refractivity contribution in [1.82, 2.24) is 10.2 Å². The molecule has 1 N–H and O–H groups in total. The van der Waals surface area contributed by atoms with E-state index in [9.17, 15) is 18.9 Å². The van der Waals surface area contributed by atoms with E-state index in [1.807, 2.05) is 6.07 Å². The number of fused-ring (bicyclic) bond motifs is 1. The van der Waals surface area contributed by atoms with Gasteiger partial charge in [0.05, 0.1) is 6.42 Å². The van der Waals surface area contributed by atoms with Crippen LogP contribution in [0.4, 0.5) is 0 Å². The molecule has 1 fully saturated rings. The standard InChI is InChI=1S/C18H16BrCl3N2O5S/c19-7-11-8-30(28)16-13(23-12(25)6-10-4-2-1-3-5-10)15(26)24(16)14(11)17(27)29-9-18(20,21)22/h1-5,13,16H,6-9H2,(H,23,25)/t13?,16-,30?/m0/s1. The summed E-state index contributed by atoms with van der Waals surface area (Å²) in [6.45, 7) is -0.511. The summed E-state index contributed by atoms with van der Waals surface area (Å²) in [5.41, 5.74) is 1.17. The first-order valence-electron chi connectivity index (χ1n) is 8.67. The molecule has 0 radical (unpaired) electrons. The van der Waals surface area contributed by atoms with Crippen LogP contribution in [0.2, 0.25) is 0 Å². The lowest BCUT2D eigenvalue weighted by Crippen LogP contribution is -2.75. The number of hydrogen-bond acceptors (Lipinski definition) is 5. The van der Waals surface area contributed by atoms with Gasteiger partial charge in [0.15, 0.2) is 6.04 Å². The molecular weight excluding hydrogens is 543 g/mol. The third-order valence-electron chi connectivity index (χ3n) is 4.45. The van der Waals surface area contributed by atoms with Gasteiger partial charge in [-0.3, -0.25) is 14.5 Å². The van der Waals surface area contributed by atoms with Gasteiger partial charge < -0.3 is 14.6 Å². The Morgan fingerprint density at radius 1 is 1.30 bits per heavy atom. The second-order valence-corrected chi connectivity index (χ2v) is 11.2. The molecule has 2 aliphatic heterocycles. The fourth-order valence-corrected chi connectivity index (χ4v) is 5.74. The van der Waals surface area contributed by atoms with Crippen molar-refractivity contribution in [3.63, 3.8) is 0 Å². The molecule has 3 atom stereocenters. The molecular formula is C18H16BrCl3N2O5S. The Hall–Kier alpha value is -0.970. The zero-order valence-electron chi connectivity index (χ0n) is 15.3. The predicted molar refractivity (Wildman–Crippen MR) is 118 cm³/mol. The number of nitrogens with one attached hydrogen (secondary N) is 1. The van der Waals surface area contributed by atoms with Gasteiger partial charge in [0.1, 0.15) is 18.1 Å². The molecule has 162 valence electrons. The molecule has 3 rings (SSSR count). The normalized spacial score (nSPS) is 23.6. The van der Waals surface area contributed by atoms with E-state index in [4.69, 9.17) is 39.5 Å². The van der Waals surface area contributed by atoms with E-state index in [1.54, 1.807) is 24.3 Å². The summed E-state index contributed by atoms with van der Waals surface area (Å²) in [7, 11) is 0. The molecule has 0 saturated carbocycles. The lowest BCUT2D eigenvalue weighted by atomic mass is 10.0.